The fraction of sp³-hybridized carbons (Fsp3) is 0.100. The van der Waals surface area contributed by atoms with Crippen molar-refractivity contribution in [1.29, 1.82) is 0 Å². The number of carboxylic acids is 1. The van der Waals surface area contributed by atoms with Crippen molar-refractivity contribution in [2.24, 2.45) is 0 Å². The highest BCUT2D eigenvalue weighted by Gasteiger charge is 2.16. The van der Waals surface area contributed by atoms with E-state index in [1.807, 2.05) is 60.7 Å². The molecule has 0 aliphatic carbocycles. The topological polar surface area (TPSA) is 85.4 Å². The number of pyridine rings is 1. The van der Waals surface area contributed by atoms with Crippen LogP contribution in [0.2, 0.25) is 0 Å². The largest absolute Gasteiger partial charge is 0.496 e. The molecule has 0 saturated heterocycles. The van der Waals surface area contributed by atoms with Crippen molar-refractivity contribution in [2.45, 2.75) is 5.03 Å². The predicted octanol–water partition coefficient (Wildman–Crippen LogP) is 4.18. The van der Waals surface area contributed by atoms with Crippen LogP contribution in [-0.2, 0) is 4.79 Å². The van der Waals surface area contributed by atoms with Gasteiger partial charge in [0.15, 0.2) is 0 Å². The first-order valence-electron chi connectivity index (χ1n) is 7.94. The Kier molecular flexibility index (Phi) is 5.43. The highest BCUT2D eigenvalue weighted by Crippen LogP contribution is 2.39. The fourth-order valence-electron chi connectivity index (χ4n) is 2.62. The second kappa shape index (κ2) is 7.93. The number of nitrogens with two attached hydrogens (primary N) is 1. The van der Waals surface area contributed by atoms with Gasteiger partial charge in [0.05, 0.1) is 24.2 Å². The Morgan fingerprint density at radius 3 is 2.50 bits per heavy atom. The lowest BCUT2D eigenvalue weighted by molar-refractivity contribution is -0.133. The first-order valence-corrected chi connectivity index (χ1v) is 8.92. The normalized spacial score (nSPS) is 10.5. The first-order chi connectivity index (χ1) is 12.6. The fourth-order valence-corrected chi connectivity index (χ4v) is 3.31. The van der Waals surface area contributed by atoms with Crippen LogP contribution in [0.4, 0.5) is 5.69 Å². The van der Waals surface area contributed by atoms with E-state index in [0.29, 0.717) is 16.5 Å². The third-order valence-electron chi connectivity index (χ3n) is 3.82. The summed E-state index contributed by atoms with van der Waals surface area (Å²) in [7, 11) is 1.61. The van der Waals surface area contributed by atoms with Crippen molar-refractivity contribution in [3.05, 3.63) is 60.7 Å². The molecule has 0 fully saturated rings. The molecule has 0 radical (unpaired) electrons. The van der Waals surface area contributed by atoms with Crippen LogP contribution in [0.25, 0.3) is 22.4 Å². The summed E-state index contributed by atoms with van der Waals surface area (Å²) in [6, 6.07) is 19.2. The van der Waals surface area contributed by atoms with Crippen LogP contribution >= 0.6 is 11.8 Å². The molecule has 0 amide bonds. The van der Waals surface area contributed by atoms with E-state index in [0.717, 1.165) is 34.1 Å². The Hall–Kier alpha value is -2.99. The summed E-state index contributed by atoms with van der Waals surface area (Å²) in [5.74, 6) is -0.334. The molecule has 26 heavy (non-hydrogen) atoms. The molecule has 0 unspecified atom stereocenters. The summed E-state index contributed by atoms with van der Waals surface area (Å²) >= 11 is 1.11. The van der Waals surface area contributed by atoms with Crippen molar-refractivity contribution in [3.8, 4) is 28.1 Å². The lowest BCUT2D eigenvalue weighted by Gasteiger charge is -2.15. The van der Waals surface area contributed by atoms with Crippen LogP contribution in [-0.4, -0.2) is 28.9 Å². The van der Waals surface area contributed by atoms with Gasteiger partial charge in [-0.05, 0) is 12.1 Å². The summed E-state index contributed by atoms with van der Waals surface area (Å²) in [6.07, 6.45) is 0. The number of rotatable bonds is 6. The SMILES string of the molecule is COc1ccccc1-c1cc(-c2ccccc2)nc(SCC(=O)O)c1N. The minimum atomic E-state index is -0.917. The zero-order chi connectivity index (χ0) is 18.5. The van der Waals surface area contributed by atoms with Gasteiger partial charge in [0.25, 0.3) is 0 Å². The lowest BCUT2D eigenvalue weighted by atomic mass is 10.0. The number of methoxy groups -OCH3 is 1. The number of para-hydroxylation sites is 1. The molecule has 5 nitrogen and oxygen atoms in total. The van der Waals surface area contributed by atoms with E-state index in [2.05, 4.69) is 4.98 Å². The minimum Gasteiger partial charge on any atom is -0.496 e. The van der Waals surface area contributed by atoms with Crippen LogP contribution in [0.1, 0.15) is 0 Å². The molecule has 0 saturated carbocycles. The monoisotopic (exact) mass is 366 g/mol. The number of hydrogen-bond donors (Lipinski definition) is 2. The van der Waals surface area contributed by atoms with Gasteiger partial charge in [-0.1, -0.05) is 60.3 Å². The second-order valence-electron chi connectivity index (χ2n) is 5.52. The number of carboxylic acid groups (broad SMARTS) is 1. The highest BCUT2D eigenvalue weighted by atomic mass is 32.2. The summed E-state index contributed by atoms with van der Waals surface area (Å²) in [5, 5.41) is 9.51. The van der Waals surface area contributed by atoms with Crippen molar-refractivity contribution >= 4 is 23.4 Å². The Balaban J connectivity index is 2.19. The Labute approximate surface area is 155 Å². The Bertz CT molecular complexity index is 930. The molecule has 0 atom stereocenters. The van der Waals surface area contributed by atoms with Crippen LogP contribution in [0.5, 0.6) is 5.75 Å². The smallest absolute Gasteiger partial charge is 0.313 e. The zero-order valence-electron chi connectivity index (χ0n) is 14.2. The maximum Gasteiger partial charge on any atom is 0.313 e. The van der Waals surface area contributed by atoms with Crippen LogP contribution in [0.15, 0.2) is 65.7 Å². The predicted molar refractivity (Wildman–Crippen MR) is 104 cm³/mol. The van der Waals surface area contributed by atoms with E-state index in [9.17, 15) is 4.79 Å². The van der Waals surface area contributed by atoms with Gasteiger partial charge in [-0.3, -0.25) is 4.79 Å². The van der Waals surface area contributed by atoms with E-state index >= 15 is 0 Å². The minimum absolute atomic E-state index is 0.110. The summed E-state index contributed by atoms with van der Waals surface area (Å²) in [4.78, 5) is 15.6. The number of aromatic nitrogens is 1. The number of ether oxygens (including phenoxy) is 1. The van der Waals surface area contributed by atoms with E-state index in [-0.39, 0.29) is 5.75 Å². The van der Waals surface area contributed by atoms with E-state index < -0.39 is 5.97 Å². The van der Waals surface area contributed by atoms with Gasteiger partial charge in [-0.2, -0.15) is 0 Å². The molecular formula is C20H18N2O3S. The molecule has 0 aliphatic heterocycles. The number of hydrogen-bond acceptors (Lipinski definition) is 5. The molecular weight excluding hydrogens is 348 g/mol. The Morgan fingerprint density at radius 1 is 1.12 bits per heavy atom. The molecule has 3 aromatic rings. The number of aliphatic carboxylic acids is 1. The van der Waals surface area contributed by atoms with Gasteiger partial charge in [0.2, 0.25) is 0 Å². The van der Waals surface area contributed by atoms with Crippen LogP contribution in [0, 0.1) is 0 Å². The van der Waals surface area contributed by atoms with E-state index in [1.165, 1.54) is 0 Å². The number of anilines is 1. The summed E-state index contributed by atoms with van der Waals surface area (Å²) in [5.41, 5.74) is 10.1. The summed E-state index contributed by atoms with van der Waals surface area (Å²) < 4.78 is 5.46. The van der Waals surface area contributed by atoms with Crippen molar-refractivity contribution in [2.75, 3.05) is 18.6 Å². The van der Waals surface area contributed by atoms with Gasteiger partial charge < -0.3 is 15.6 Å². The Morgan fingerprint density at radius 2 is 1.81 bits per heavy atom. The van der Waals surface area contributed by atoms with Crippen LogP contribution in [0.3, 0.4) is 0 Å². The zero-order valence-corrected chi connectivity index (χ0v) is 15.0. The third kappa shape index (κ3) is 3.81. The lowest BCUT2D eigenvalue weighted by Crippen LogP contribution is -2.03. The van der Waals surface area contributed by atoms with Gasteiger partial charge in [0.1, 0.15) is 10.8 Å². The van der Waals surface area contributed by atoms with Gasteiger partial charge in [0, 0.05) is 16.7 Å². The van der Waals surface area contributed by atoms with Crippen molar-refractivity contribution in [3.63, 3.8) is 0 Å². The maximum atomic E-state index is 11.0. The van der Waals surface area contributed by atoms with Crippen molar-refractivity contribution in [1.82, 2.24) is 4.98 Å². The van der Waals surface area contributed by atoms with Crippen molar-refractivity contribution < 1.29 is 14.6 Å². The molecule has 0 spiro atoms. The quantitative estimate of drug-likeness (QED) is 0.637. The third-order valence-corrected chi connectivity index (χ3v) is 4.80. The molecule has 132 valence electrons. The molecule has 6 heteroatoms. The standard InChI is InChI=1S/C20H18N2O3S/c1-25-17-10-6-5-9-14(17)15-11-16(13-7-3-2-4-8-13)22-20(19(15)21)26-12-18(23)24/h2-11H,12,21H2,1H3,(H,23,24). The average molecular weight is 366 g/mol. The maximum absolute atomic E-state index is 11.0. The molecule has 0 bridgehead atoms. The molecule has 1 heterocycles. The summed E-state index contributed by atoms with van der Waals surface area (Å²) in [6.45, 7) is 0. The number of nitrogens with zero attached hydrogens (tertiary/aromatic N) is 1. The van der Waals surface area contributed by atoms with Gasteiger partial charge >= 0.3 is 5.97 Å². The van der Waals surface area contributed by atoms with Gasteiger partial charge in [-0.15, -0.1) is 0 Å². The molecule has 3 rings (SSSR count). The second-order valence-corrected chi connectivity index (χ2v) is 6.49. The van der Waals surface area contributed by atoms with E-state index in [4.69, 9.17) is 15.6 Å². The number of carbonyl (C=O) groups is 1. The number of benzene rings is 2. The molecule has 1 aromatic heterocycles. The number of thioether (sulfide) groups is 1. The molecule has 2 aromatic carbocycles. The first kappa shape index (κ1) is 17.8. The van der Waals surface area contributed by atoms with Gasteiger partial charge in [-0.25, -0.2) is 4.98 Å². The van der Waals surface area contributed by atoms with E-state index in [1.54, 1.807) is 7.11 Å². The highest BCUT2D eigenvalue weighted by molar-refractivity contribution is 8.00. The average Bonchev–Trinajstić information content (AvgIpc) is 2.67. The van der Waals surface area contributed by atoms with Crippen LogP contribution < -0.4 is 10.5 Å². The molecule has 3 N–H and O–H groups in total. The number of nitrogen functional groups attached to an aromatic ring is 1. The molecule has 0 aliphatic rings.